The number of fused-ring (bicyclic) bond motifs is 2. The van der Waals surface area contributed by atoms with Crippen molar-refractivity contribution in [3.63, 3.8) is 0 Å². The number of carbonyl (C=O) groups excluding carboxylic acids is 4. The lowest BCUT2D eigenvalue weighted by Crippen LogP contribution is -2.61. The third kappa shape index (κ3) is 15.4. The molecule has 1 unspecified atom stereocenters. The van der Waals surface area contributed by atoms with Gasteiger partial charge in [0.2, 0.25) is 29.9 Å². The Labute approximate surface area is 457 Å². The van der Waals surface area contributed by atoms with E-state index in [9.17, 15) is 57.9 Å². The summed E-state index contributed by atoms with van der Waals surface area (Å²) in [5.74, 6) is -2.51. The van der Waals surface area contributed by atoms with Gasteiger partial charge in [0.05, 0.1) is 77.0 Å². The second-order valence-electron chi connectivity index (χ2n) is 19.9. The van der Waals surface area contributed by atoms with Crippen molar-refractivity contribution < 1.29 is 94.9 Å². The highest BCUT2D eigenvalue weighted by atomic mass is 32.2. The molecule has 0 bridgehead atoms. The number of hydrogen-bond donors (Lipinski definition) is 9. The van der Waals surface area contributed by atoms with Gasteiger partial charge in [-0.2, -0.15) is 13.0 Å². The van der Waals surface area contributed by atoms with Gasteiger partial charge in [0.1, 0.15) is 48.4 Å². The summed E-state index contributed by atoms with van der Waals surface area (Å²) in [6.07, 6.45) is -3.97. The number of aliphatic carboxylic acids is 1. The van der Waals surface area contributed by atoms with Crippen LogP contribution in [0.15, 0.2) is 48.8 Å². The van der Waals surface area contributed by atoms with Crippen LogP contribution in [0.25, 0.3) is 0 Å². The zero-order chi connectivity index (χ0) is 55.7. The molecule has 432 valence electrons. The monoisotopic (exact) mass is 1130 g/mol. The zero-order valence-electron chi connectivity index (χ0n) is 44.0. The molecule has 27 heteroatoms. The minimum atomic E-state index is -4.25. The number of aromatic nitrogens is 2. The number of carboxylic acid groups (broad SMARTS) is 1. The smallest absolute Gasteiger partial charge is 0.355 e. The lowest BCUT2D eigenvalue weighted by molar-refractivity contribution is -0.742. The van der Waals surface area contributed by atoms with E-state index in [1.165, 1.54) is 22.1 Å². The molecule has 4 heterocycles. The molecule has 1 aromatic heterocycles. The number of aliphatic hydroxyl groups is 4. The van der Waals surface area contributed by atoms with Crippen LogP contribution >= 0.6 is 0 Å². The molecule has 0 radical (unpaired) electrons. The topological polar surface area (TPSA) is 361 Å². The molecule has 2 aliphatic carbocycles. The Balaban J connectivity index is 0.00000903. The van der Waals surface area contributed by atoms with Crippen LogP contribution in [-0.4, -0.2) is 186 Å². The quantitative estimate of drug-likeness (QED) is 0.0194. The van der Waals surface area contributed by atoms with Crippen molar-refractivity contribution in [3.05, 3.63) is 78.5 Å². The van der Waals surface area contributed by atoms with E-state index in [0.717, 1.165) is 24.2 Å². The normalized spacial score (nSPS) is 25.3. The van der Waals surface area contributed by atoms with E-state index < -0.39 is 64.9 Å². The Morgan fingerprint density at radius 2 is 1.66 bits per heavy atom. The number of carbonyl (C=O) groups is 5. The van der Waals surface area contributed by atoms with Crippen molar-refractivity contribution in [1.29, 1.82) is 0 Å². The van der Waals surface area contributed by atoms with E-state index in [-0.39, 0.29) is 140 Å². The van der Waals surface area contributed by atoms with Gasteiger partial charge < -0.3 is 72.6 Å². The minimum Gasteiger partial charge on any atom is -0.479 e. The van der Waals surface area contributed by atoms with Crippen LogP contribution in [0.3, 0.4) is 0 Å². The number of nitrogens with one attached hydrogen (secondary N) is 3. The summed E-state index contributed by atoms with van der Waals surface area (Å²) in [5, 5.41) is 66.7. The van der Waals surface area contributed by atoms with E-state index in [2.05, 4.69) is 32.7 Å². The van der Waals surface area contributed by atoms with E-state index in [1.54, 1.807) is 25.4 Å². The first-order valence-corrected chi connectivity index (χ1v) is 27.4. The van der Waals surface area contributed by atoms with Crippen molar-refractivity contribution in [2.24, 2.45) is 17.0 Å². The Kier molecular flexibility index (Phi) is 21.0. The number of nitrogens with zero attached hydrogens (tertiary/aromatic N) is 4. The Morgan fingerprint density at radius 3 is 2.38 bits per heavy atom. The molecule has 10 N–H and O–H groups in total. The summed E-state index contributed by atoms with van der Waals surface area (Å²) >= 11 is 0. The van der Waals surface area contributed by atoms with E-state index in [4.69, 9.17) is 38.0 Å². The second-order valence-corrected chi connectivity index (χ2v) is 21.1. The van der Waals surface area contributed by atoms with Gasteiger partial charge in [-0.15, -0.1) is 0 Å². The maximum absolute atomic E-state index is 13.6. The number of hydrogen-bond acceptors (Lipinski definition) is 19. The van der Waals surface area contributed by atoms with Crippen molar-refractivity contribution >= 4 is 63.4 Å². The van der Waals surface area contributed by atoms with Gasteiger partial charge in [-0.1, -0.05) is 37.3 Å². The highest BCUT2D eigenvalue weighted by molar-refractivity contribution is 7.84. The summed E-state index contributed by atoms with van der Waals surface area (Å²) in [6, 6.07) is 12.6. The van der Waals surface area contributed by atoms with Gasteiger partial charge in [-0.25, -0.2) is 14.5 Å². The molecule has 4 amide bonds. The van der Waals surface area contributed by atoms with E-state index in [1.807, 2.05) is 22.9 Å². The highest BCUT2D eigenvalue weighted by Crippen LogP contribution is 2.39. The van der Waals surface area contributed by atoms with Crippen molar-refractivity contribution in [1.82, 2.24) is 15.2 Å². The predicted molar refractivity (Wildman–Crippen MR) is 278 cm³/mol. The third-order valence-corrected chi connectivity index (χ3v) is 14.8. The third-order valence-electron chi connectivity index (χ3n) is 14.4. The van der Waals surface area contributed by atoms with Crippen LogP contribution in [0, 0.1) is 19.3 Å². The van der Waals surface area contributed by atoms with Gasteiger partial charge in [-0.05, 0) is 36.1 Å². The number of aryl methyl sites for hydroxylation is 1. The first-order chi connectivity index (χ1) is 37.3. The summed E-state index contributed by atoms with van der Waals surface area (Å²) in [4.78, 5) is 68.1. The van der Waals surface area contributed by atoms with E-state index >= 15 is 0 Å². The molecule has 1 saturated carbocycles. The van der Waals surface area contributed by atoms with Gasteiger partial charge in [0.15, 0.2) is 6.10 Å². The molecule has 79 heavy (non-hydrogen) atoms. The van der Waals surface area contributed by atoms with Crippen LogP contribution < -0.4 is 30.4 Å². The molecule has 3 aliphatic heterocycles. The molecular weight excluding hydrogens is 1060 g/mol. The summed E-state index contributed by atoms with van der Waals surface area (Å²) < 4.78 is 59.9. The predicted octanol–water partition coefficient (Wildman–Crippen LogP) is -0.852. The fraction of sp³-hybridized carbons (Fsp3) is 0.558. The number of imide groups is 1. The largest absolute Gasteiger partial charge is 0.479 e. The second kappa shape index (κ2) is 27.4. The van der Waals surface area contributed by atoms with Gasteiger partial charge in [0, 0.05) is 61.0 Å². The molecule has 3 aromatic rings. The number of aliphatic hydroxyl groups excluding tert-OH is 4. The van der Waals surface area contributed by atoms with Crippen LogP contribution in [0.1, 0.15) is 73.7 Å². The number of ether oxygens (including phenoxy) is 5. The first-order valence-electron chi connectivity index (χ1n) is 25.9. The van der Waals surface area contributed by atoms with Crippen LogP contribution in [0.2, 0.25) is 0 Å². The molecule has 5 aliphatic rings. The Morgan fingerprint density at radius 1 is 0.924 bits per heavy atom. The number of likely N-dealkylation sites (tertiary alicyclic amines) is 1. The van der Waals surface area contributed by atoms with Gasteiger partial charge in [0.25, 0.3) is 5.82 Å². The number of nitrogens with two attached hydrogens (primary N) is 1. The fourth-order valence-electron chi connectivity index (χ4n) is 10.3. The molecule has 2 saturated heterocycles. The molecule has 8 rings (SSSR count). The number of rotatable bonds is 27. The molecule has 0 spiro atoms. The molecule has 2 aromatic carbocycles. The maximum Gasteiger partial charge on any atom is 0.355 e. The van der Waals surface area contributed by atoms with Gasteiger partial charge >= 0.3 is 28.4 Å². The van der Waals surface area contributed by atoms with Crippen molar-refractivity contribution in [3.8, 4) is 5.75 Å². The fourth-order valence-corrected chi connectivity index (χ4v) is 10.7. The maximum atomic E-state index is 13.6. The number of amides is 4. The lowest BCUT2D eigenvalue weighted by atomic mass is 9.99. The van der Waals surface area contributed by atoms with Gasteiger partial charge in [-0.3, -0.25) is 28.3 Å². The van der Waals surface area contributed by atoms with Crippen LogP contribution in [0.5, 0.6) is 5.75 Å². The highest BCUT2D eigenvalue weighted by Gasteiger charge is 2.49. The average Bonchev–Trinajstić information content (AvgIpc) is 4.26. The van der Waals surface area contributed by atoms with Crippen molar-refractivity contribution in [2.75, 3.05) is 70.0 Å². The van der Waals surface area contributed by atoms with Crippen LogP contribution in [-0.2, 0) is 76.8 Å². The summed E-state index contributed by atoms with van der Waals surface area (Å²) in [5.41, 5.74) is 3.93. The Hall–Kier alpha value is -6.11. The lowest BCUT2D eigenvalue weighted by Gasteiger charge is -2.38. The summed E-state index contributed by atoms with van der Waals surface area (Å²) in [7, 11) is -4.25. The SMILES string of the molecule is CC1CC(=O)N(CCOCCOCCOCCC(=O)NCCC(=O)Nc2cc(C[n+]3cnc(N[C@@H]4CCc5ccccc54)c4c3[N+]([C@H]3C[C@H](COS(N)(=O)=O)[C@H](O)C3)=CC4)ccc2O[C@@H]2O[C@H](C(=O)O)[C@@H](O)[C@H](O)[C@H]2O)C1=O.[CH3-]. The molecule has 3 fully saturated rings. The van der Waals surface area contributed by atoms with Crippen LogP contribution in [0.4, 0.5) is 17.3 Å². The molecular formula is C52H71N8O18S+. The Bertz CT molecular complexity index is 2820. The average molecular weight is 1130 g/mol. The first kappa shape index (κ1) is 60.5. The molecule has 26 nitrogen and oxygen atoms in total. The number of carboxylic acids is 1. The standard InChI is InChI=1S/C51H66N8O18S.CH3/c1-29-22-42(63)59(49(29)67)15-17-73-19-21-74-20-18-72-16-12-40(61)53-13-10-41(62)55-37-23-30(6-9-39(37)76-51-45(66)43(64)44(65)46(77-51)50(68)69)26-57-28-54-47(56-36-8-7-31-4-2-3-5-34(31)36)35-11-14-58(48(35)57)33-24-32(38(60)25-33)27-75-78(52,70)71;/h2-6,9,14,23,28-29,32-33,36,38,43-46,51,60,64-66H,7-8,10-13,15-22,24-27H2,1H3,(H4-,52,53,55,61,62,68,69,70,71);1H3/q;-1/p+2/t29?,32-,33+,36-,38-,43+,44+,45-,46+,51-;/m1./s1. The molecule has 10 atom stereocenters. The minimum absolute atomic E-state index is 0. The summed E-state index contributed by atoms with van der Waals surface area (Å²) in [6.45, 7) is 2.90. The number of anilines is 2. The number of benzene rings is 2. The van der Waals surface area contributed by atoms with Crippen molar-refractivity contribution in [2.45, 2.75) is 114 Å². The zero-order valence-corrected chi connectivity index (χ0v) is 44.8. The van der Waals surface area contributed by atoms with E-state index in [0.29, 0.717) is 30.6 Å².